The molecule has 0 N–H and O–H groups in total. The standard InChI is InChI=1S/C22H21NO3.ClH/c1-23(2)13-12-20(24)19-15-18-11-10-17(14-21(18)26-22(19)25)9-8-16-6-4-3-5-7-16;/h3-11,14-15H,12-13H2,1-2H3;1H. The summed E-state index contributed by atoms with van der Waals surface area (Å²) in [6.07, 6.45) is 4.25. The van der Waals surface area contributed by atoms with Crippen molar-refractivity contribution in [3.63, 3.8) is 0 Å². The summed E-state index contributed by atoms with van der Waals surface area (Å²) in [4.78, 5) is 26.3. The quantitative estimate of drug-likeness (QED) is 0.357. The van der Waals surface area contributed by atoms with Crippen molar-refractivity contribution in [2.75, 3.05) is 20.6 Å². The number of hydrogen-bond acceptors (Lipinski definition) is 4. The van der Waals surface area contributed by atoms with Gasteiger partial charge < -0.3 is 9.32 Å². The van der Waals surface area contributed by atoms with Crippen molar-refractivity contribution in [2.45, 2.75) is 6.42 Å². The van der Waals surface area contributed by atoms with E-state index in [-0.39, 0.29) is 23.8 Å². The lowest BCUT2D eigenvalue weighted by atomic mass is 10.1. The molecule has 0 aliphatic carbocycles. The van der Waals surface area contributed by atoms with Gasteiger partial charge in [-0.1, -0.05) is 54.6 Å². The number of carbonyl (C=O) groups is 1. The molecule has 0 spiro atoms. The smallest absolute Gasteiger partial charge is 0.347 e. The number of benzene rings is 2. The summed E-state index contributed by atoms with van der Waals surface area (Å²) >= 11 is 0. The first-order valence-corrected chi connectivity index (χ1v) is 8.52. The second-order valence-corrected chi connectivity index (χ2v) is 6.47. The van der Waals surface area contributed by atoms with Crippen LogP contribution in [0.5, 0.6) is 0 Å². The molecule has 3 rings (SSSR count). The summed E-state index contributed by atoms with van der Waals surface area (Å²) < 4.78 is 5.39. The van der Waals surface area contributed by atoms with E-state index in [2.05, 4.69) is 0 Å². The Labute approximate surface area is 164 Å². The summed E-state index contributed by atoms with van der Waals surface area (Å²) in [6, 6.07) is 17.2. The van der Waals surface area contributed by atoms with Crippen LogP contribution >= 0.6 is 12.4 Å². The highest BCUT2D eigenvalue weighted by molar-refractivity contribution is 5.98. The summed E-state index contributed by atoms with van der Waals surface area (Å²) in [6.45, 7) is 0.597. The molecule has 0 amide bonds. The van der Waals surface area contributed by atoms with Gasteiger partial charge in [0.15, 0.2) is 5.78 Å². The highest BCUT2D eigenvalue weighted by Gasteiger charge is 2.14. The molecule has 2 aromatic carbocycles. The monoisotopic (exact) mass is 383 g/mol. The van der Waals surface area contributed by atoms with E-state index in [4.69, 9.17) is 4.42 Å². The lowest BCUT2D eigenvalue weighted by Crippen LogP contribution is -2.20. The zero-order valence-corrected chi connectivity index (χ0v) is 16.2. The fraction of sp³-hybridized carbons (Fsp3) is 0.182. The van der Waals surface area contributed by atoms with Crippen LogP contribution in [0.15, 0.2) is 63.8 Å². The molecule has 1 aromatic heterocycles. The van der Waals surface area contributed by atoms with Crippen molar-refractivity contribution in [3.05, 3.63) is 81.7 Å². The number of ketones is 1. The first-order valence-electron chi connectivity index (χ1n) is 8.52. The number of halogens is 1. The second-order valence-electron chi connectivity index (χ2n) is 6.47. The van der Waals surface area contributed by atoms with Crippen LogP contribution in [0.4, 0.5) is 0 Å². The van der Waals surface area contributed by atoms with E-state index in [0.29, 0.717) is 18.5 Å². The number of Topliss-reactive ketones (excluding diaryl/α,β-unsaturated/α-hetero) is 1. The van der Waals surface area contributed by atoms with Gasteiger partial charge in [-0.2, -0.15) is 0 Å². The van der Waals surface area contributed by atoms with Crippen molar-refractivity contribution in [3.8, 4) is 0 Å². The maximum absolute atomic E-state index is 12.2. The summed E-state index contributed by atoms with van der Waals surface area (Å²) in [7, 11) is 3.78. The Morgan fingerprint density at radius 2 is 1.70 bits per heavy atom. The van der Waals surface area contributed by atoms with E-state index in [1.807, 2.05) is 79.7 Å². The number of rotatable bonds is 6. The van der Waals surface area contributed by atoms with E-state index in [0.717, 1.165) is 16.5 Å². The molecule has 27 heavy (non-hydrogen) atoms. The molecule has 0 aliphatic heterocycles. The predicted molar refractivity (Wildman–Crippen MR) is 113 cm³/mol. The number of carbonyl (C=O) groups excluding carboxylic acids is 1. The molecule has 140 valence electrons. The summed E-state index contributed by atoms with van der Waals surface area (Å²) in [5.74, 6) is -0.192. The second kappa shape index (κ2) is 9.31. The molecule has 0 bridgehead atoms. The summed E-state index contributed by atoms with van der Waals surface area (Å²) in [5, 5.41) is 0.745. The van der Waals surface area contributed by atoms with E-state index in [9.17, 15) is 9.59 Å². The molecule has 5 heteroatoms. The lowest BCUT2D eigenvalue weighted by Gasteiger charge is -2.08. The van der Waals surface area contributed by atoms with Crippen LogP contribution in [-0.2, 0) is 0 Å². The van der Waals surface area contributed by atoms with Crippen LogP contribution in [0.1, 0.15) is 27.9 Å². The molecule has 1 heterocycles. The molecule has 3 aromatic rings. The van der Waals surface area contributed by atoms with Crippen LogP contribution in [0.3, 0.4) is 0 Å². The van der Waals surface area contributed by atoms with Crippen LogP contribution < -0.4 is 5.63 Å². The normalized spacial score (nSPS) is 11.1. The van der Waals surface area contributed by atoms with E-state index in [1.54, 1.807) is 6.07 Å². The fourth-order valence-corrected chi connectivity index (χ4v) is 2.64. The number of nitrogens with zero attached hydrogens (tertiary/aromatic N) is 1. The molecule has 0 saturated heterocycles. The highest BCUT2D eigenvalue weighted by atomic mass is 35.5. The van der Waals surface area contributed by atoms with Gasteiger partial charge in [0.05, 0.1) is 0 Å². The van der Waals surface area contributed by atoms with Crippen molar-refractivity contribution < 1.29 is 9.21 Å². The largest absolute Gasteiger partial charge is 0.422 e. The van der Waals surface area contributed by atoms with Gasteiger partial charge in [0.2, 0.25) is 0 Å². The maximum Gasteiger partial charge on any atom is 0.347 e. The number of fused-ring (bicyclic) bond motifs is 1. The SMILES string of the molecule is CN(C)CCC(=O)c1cc2ccc(C=Cc3ccccc3)cc2oc1=O.Cl. The highest BCUT2D eigenvalue weighted by Crippen LogP contribution is 2.18. The average Bonchev–Trinajstić information content (AvgIpc) is 2.64. The predicted octanol–water partition coefficient (Wildman–Crippen LogP) is 4.52. The summed E-state index contributed by atoms with van der Waals surface area (Å²) in [5.41, 5.74) is 2.04. The minimum atomic E-state index is -0.578. The molecule has 0 fully saturated rings. The van der Waals surface area contributed by atoms with Crippen molar-refractivity contribution in [2.24, 2.45) is 0 Å². The van der Waals surface area contributed by atoms with Gasteiger partial charge >= 0.3 is 5.63 Å². The molecular weight excluding hydrogens is 362 g/mol. The van der Waals surface area contributed by atoms with Gasteiger partial charge in [0.25, 0.3) is 0 Å². The Kier molecular flexibility index (Phi) is 7.11. The minimum absolute atomic E-state index is 0. The van der Waals surface area contributed by atoms with Gasteiger partial charge in [-0.3, -0.25) is 4.79 Å². The van der Waals surface area contributed by atoms with Crippen molar-refractivity contribution in [1.82, 2.24) is 4.90 Å². The first kappa shape index (κ1) is 20.6. The average molecular weight is 384 g/mol. The first-order chi connectivity index (χ1) is 12.5. The van der Waals surface area contributed by atoms with Crippen LogP contribution in [0.2, 0.25) is 0 Å². The molecular formula is C22H22ClNO3. The molecule has 0 aliphatic rings. The van der Waals surface area contributed by atoms with Crippen LogP contribution in [0.25, 0.3) is 23.1 Å². The van der Waals surface area contributed by atoms with Crippen LogP contribution in [0, 0.1) is 0 Å². The Morgan fingerprint density at radius 1 is 1.00 bits per heavy atom. The third kappa shape index (κ3) is 5.39. The van der Waals surface area contributed by atoms with E-state index < -0.39 is 5.63 Å². The molecule has 0 atom stereocenters. The lowest BCUT2D eigenvalue weighted by molar-refractivity contribution is 0.0969. The van der Waals surface area contributed by atoms with E-state index in [1.165, 1.54) is 0 Å². The molecule has 0 unspecified atom stereocenters. The van der Waals surface area contributed by atoms with Crippen LogP contribution in [-0.4, -0.2) is 31.3 Å². The number of hydrogen-bond donors (Lipinski definition) is 0. The topological polar surface area (TPSA) is 50.5 Å². The molecule has 0 radical (unpaired) electrons. The Hall–Kier alpha value is -2.69. The molecule has 0 saturated carbocycles. The molecule has 4 nitrogen and oxygen atoms in total. The zero-order chi connectivity index (χ0) is 18.5. The van der Waals surface area contributed by atoms with Gasteiger partial charge in [-0.25, -0.2) is 4.79 Å². The zero-order valence-electron chi connectivity index (χ0n) is 15.3. The van der Waals surface area contributed by atoms with Gasteiger partial charge in [-0.15, -0.1) is 12.4 Å². The maximum atomic E-state index is 12.2. The Morgan fingerprint density at radius 3 is 2.41 bits per heavy atom. The van der Waals surface area contributed by atoms with Gasteiger partial charge in [0.1, 0.15) is 11.1 Å². The fourth-order valence-electron chi connectivity index (χ4n) is 2.64. The van der Waals surface area contributed by atoms with Crippen molar-refractivity contribution >= 4 is 41.3 Å². The Balaban J connectivity index is 0.00000261. The van der Waals surface area contributed by atoms with Gasteiger partial charge in [0, 0.05) is 18.4 Å². The third-order valence-corrected chi connectivity index (χ3v) is 4.11. The minimum Gasteiger partial charge on any atom is -0.422 e. The van der Waals surface area contributed by atoms with Crippen molar-refractivity contribution in [1.29, 1.82) is 0 Å². The van der Waals surface area contributed by atoms with Gasteiger partial charge in [-0.05, 0) is 37.4 Å². The third-order valence-electron chi connectivity index (χ3n) is 4.11. The van der Waals surface area contributed by atoms with E-state index >= 15 is 0 Å². The Bertz CT molecular complexity index is 1010.